The van der Waals surface area contributed by atoms with Crippen molar-refractivity contribution in [1.82, 2.24) is 0 Å². The van der Waals surface area contributed by atoms with Crippen molar-refractivity contribution < 1.29 is 23.0 Å². The largest absolute Gasteiger partial charge is 0.508 e. The van der Waals surface area contributed by atoms with Crippen molar-refractivity contribution >= 4 is 0 Å². The third-order valence-corrected chi connectivity index (χ3v) is 5.87. The highest BCUT2D eigenvalue weighted by atomic mass is 19.2. The van der Waals surface area contributed by atoms with Crippen LogP contribution >= 0.6 is 0 Å². The number of rotatable bonds is 12. The minimum Gasteiger partial charge on any atom is -0.508 e. The molecule has 0 saturated heterocycles. The fraction of sp³-hybridized carbons (Fsp3) is 0.357. The third-order valence-electron chi connectivity index (χ3n) is 5.87. The molecule has 2 atom stereocenters. The van der Waals surface area contributed by atoms with Gasteiger partial charge in [0.25, 0.3) is 0 Å². The smallest absolute Gasteiger partial charge is 0.166 e. The number of halogens is 3. The number of aromatic hydroxyl groups is 1. The molecule has 178 valence electrons. The molecule has 0 saturated carbocycles. The Hall–Kier alpha value is -2.95. The highest BCUT2D eigenvalue weighted by Crippen LogP contribution is 2.29. The van der Waals surface area contributed by atoms with Gasteiger partial charge in [-0.05, 0) is 72.9 Å². The Labute approximate surface area is 195 Å². The summed E-state index contributed by atoms with van der Waals surface area (Å²) < 4.78 is 48.4. The van der Waals surface area contributed by atoms with Crippen LogP contribution in [0.1, 0.15) is 45.6 Å². The average Bonchev–Trinajstić information content (AvgIpc) is 2.79. The quantitative estimate of drug-likeness (QED) is 0.256. The molecule has 0 aliphatic heterocycles. The van der Waals surface area contributed by atoms with E-state index in [4.69, 9.17) is 4.74 Å². The van der Waals surface area contributed by atoms with E-state index in [0.717, 1.165) is 12.8 Å². The van der Waals surface area contributed by atoms with Gasteiger partial charge in [-0.25, -0.2) is 13.2 Å². The molecule has 2 nitrogen and oxygen atoms in total. The van der Waals surface area contributed by atoms with Crippen LogP contribution in [0.4, 0.5) is 13.2 Å². The topological polar surface area (TPSA) is 29.5 Å². The van der Waals surface area contributed by atoms with Gasteiger partial charge < -0.3 is 9.84 Å². The summed E-state index contributed by atoms with van der Waals surface area (Å²) in [5, 5.41) is 9.38. The number of ether oxygens (including phenoxy) is 1. The second-order valence-corrected chi connectivity index (χ2v) is 8.49. The van der Waals surface area contributed by atoms with Crippen LogP contribution in [0, 0.1) is 23.5 Å². The van der Waals surface area contributed by atoms with E-state index in [1.807, 2.05) is 6.92 Å². The van der Waals surface area contributed by atoms with E-state index >= 15 is 0 Å². The lowest BCUT2D eigenvalue weighted by Crippen LogP contribution is -2.05. The Balaban J connectivity index is 1.90. The zero-order valence-corrected chi connectivity index (χ0v) is 19.6. The van der Waals surface area contributed by atoms with Crippen molar-refractivity contribution in [1.29, 1.82) is 0 Å². The first kappa shape index (κ1) is 26.3. The molecule has 0 radical (unpaired) electrons. The first-order chi connectivity index (χ1) is 15.6. The molecule has 1 N–H and O–H groups in total. The predicted octanol–water partition coefficient (Wildman–Crippen LogP) is 8.28. The van der Waals surface area contributed by atoms with Crippen molar-refractivity contribution in [2.75, 3.05) is 6.61 Å². The molecule has 2 aromatic rings. The number of benzene rings is 2. The van der Waals surface area contributed by atoms with Crippen molar-refractivity contribution in [2.45, 2.75) is 46.5 Å². The SMILES string of the molecule is C=C(OCC)/C(F)=C\C(=C)C(C)CCC(C)CCc1ccc(-c2ccc(O)cc2)c(F)c1F. The minimum atomic E-state index is -0.877. The molecule has 0 aromatic heterocycles. The summed E-state index contributed by atoms with van der Waals surface area (Å²) in [6, 6.07) is 9.19. The number of aryl methyl sites for hydroxylation is 1. The highest BCUT2D eigenvalue weighted by Gasteiger charge is 2.16. The maximum Gasteiger partial charge on any atom is 0.166 e. The van der Waals surface area contributed by atoms with Crippen LogP contribution in [-0.2, 0) is 11.2 Å². The van der Waals surface area contributed by atoms with E-state index in [2.05, 4.69) is 20.1 Å². The summed E-state index contributed by atoms with van der Waals surface area (Å²) in [4.78, 5) is 0. The summed E-state index contributed by atoms with van der Waals surface area (Å²) in [5.41, 5.74) is 1.69. The van der Waals surface area contributed by atoms with Gasteiger partial charge in [0.1, 0.15) is 11.5 Å². The number of hydrogen-bond donors (Lipinski definition) is 1. The molecule has 0 spiro atoms. The second-order valence-electron chi connectivity index (χ2n) is 8.49. The lowest BCUT2D eigenvalue weighted by Gasteiger charge is -2.17. The predicted molar refractivity (Wildman–Crippen MR) is 128 cm³/mol. The molecule has 5 heteroatoms. The molecule has 0 heterocycles. The molecule has 2 unspecified atom stereocenters. The van der Waals surface area contributed by atoms with Crippen LogP contribution in [0.25, 0.3) is 11.1 Å². The molecule has 0 bridgehead atoms. The molecule has 2 rings (SSSR count). The summed E-state index contributed by atoms with van der Waals surface area (Å²) in [5.74, 6) is -1.79. The van der Waals surface area contributed by atoms with Gasteiger partial charge in [0.05, 0.1) is 6.61 Å². The third kappa shape index (κ3) is 7.55. The zero-order chi connectivity index (χ0) is 24.5. The van der Waals surface area contributed by atoms with Crippen molar-refractivity contribution in [2.24, 2.45) is 11.8 Å². The Bertz CT molecular complexity index is 993. The van der Waals surface area contributed by atoms with E-state index in [1.54, 1.807) is 31.2 Å². The van der Waals surface area contributed by atoms with Gasteiger partial charge in [-0.15, -0.1) is 0 Å². The lowest BCUT2D eigenvalue weighted by molar-refractivity contribution is 0.226. The van der Waals surface area contributed by atoms with Gasteiger partial charge in [-0.3, -0.25) is 0 Å². The van der Waals surface area contributed by atoms with Crippen LogP contribution in [0.3, 0.4) is 0 Å². The number of allylic oxidation sites excluding steroid dienone is 3. The van der Waals surface area contributed by atoms with Crippen LogP contribution in [-0.4, -0.2) is 11.7 Å². The zero-order valence-electron chi connectivity index (χ0n) is 19.6. The first-order valence-electron chi connectivity index (χ1n) is 11.3. The summed E-state index contributed by atoms with van der Waals surface area (Å²) in [6.07, 6.45) is 4.16. The summed E-state index contributed by atoms with van der Waals surface area (Å²) in [7, 11) is 0. The van der Waals surface area contributed by atoms with Gasteiger partial charge in [0.15, 0.2) is 17.5 Å². The molecule has 0 aliphatic carbocycles. The van der Waals surface area contributed by atoms with Gasteiger partial charge in [0.2, 0.25) is 0 Å². The monoisotopic (exact) mass is 458 g/mol. The number of phenols is 1. The van der Waals surface area contributed by atoms with Crippen molar-refractivity contribution in [3.05, 3.63) is 90.0 Å². The lowest BCUT2D eigenvalue weighted by atomic mass is 9.89. The van der Waals surface area contributed by atoms with Crippen LogP contribution in [0.2, 0.25) is 0 Å². The van der Waals surface area contributed by atoms with Gasteiger partial charge in [-0.1, -0.05) is 57.7 Å². The van der Waals surface area contributed by atoms with Crippen molar-refractivity contribution in [3.63, 3.8) is 0 Å². The fourth-order valence-corrected chi connectivity index (χ4v) is 3.54. The molecular weight excluding hydrogens is 425 g/mol. The van der Waals surface area contributed by atoms with Gasteiger partial charge in [0, 0.05) is 5.56 Å². The van der Waals surface area contributed by atoms with Crippen LogP contribution in [0.5, 0.6) is 5.75 Å². The summed E-state index contributed by atoms with van der Waals surface area (Å²) in [6.45, 7) is 13.7. The standard InChI is InChI=1S/C28H33F3O2/c1-6-33-21(5)26(29)17-20(4)19(3)9-7-18(2)8-10-23-13-16-25(28(31)27(23)30)22-11-14-24(32)15-12-22/h11-19,32H,4-10H2,1-3H3/b26-17+. The first-order valence-corrected chi connectivity index (χ1v) is 11.3. The number of hydrogen-bond acceptors (Lipinski definition) is 2. The molecule has 0 fully saturated rings. The van der Waals surface area contributed by atoms with E-state index in [-0.39, 0.29) is 28.9 Å². The highest BCUT2D eigenvalue weighted by molar-refractivity contribution is 5.65. The number of phenolic OH excluding ortho intramolecular Hbond substituents is 1. The molecule has 2 aromatic carbocycles. The Morgan fingerprint density at radius 1 is 1.00 bits per heavy atom. The van der Waals surface area contributed by atoms with Crippen molar-refractivity contribution in [3.8, 4) is 16.9 Å². The van der Waals surface area contributed by atoms with Crippen LogP contribution < -0.4 is 0 Å². The Morgan fingerprint density at radius 2 is 1.67 bits per heavy atom. The van der Waals surface area contributed by atoms with Gasteiger partial charge in [-0.2, -0.15) is 0 Å². The molecular formula is C28H33F3O2. The van der Waals surface area contributed by atoms with E-state index in [9.17, 15) is 18.3 Å². The molecule has 33 heavy (non-hydrogen) atoms. The van der Waals surface area contributed by atoms with E-state index in [0.29, 0.717) is 36.1 Å². The maximum atomic E-state index is 14.6. The maximum absolute atomic E-state index is 14.6. The van der Waals surface area contributed by atoms with E-state index in [1.165, 1.54) is 18.2 Å². The Morgan fingerprint density at radius 3 is 2.30 bits per heavy atom. The minimum absolute atomic E-state index is 0.00454. The molecule has 0 amide bonds. The second kappa shape index (κ2) is 12.3. The van der Waals surface area contributed by atoms with Gasteiger partial charge >= 0.3 is 0 Å². The summed E-state index contributed by atoms with van der Waals surface area (Å²) >= 11 is 0. The average molecular weight is 459 g/mol. The normalized spacial score (nSPS) is 13.5. The van der Waals surface area contributed by atoms with Crippen LogP contribution in [0.15, 0.2) is 72.8 Å². The molecule has 0 aliphatic rings. The Kier molecular flexibility index (Phi) is 9.83. The fourth-order valence-electron chi connectivity index (χ4n) is 3.54. The van der Waals surface area contributed by atoms with E-state index < -0.39 is 17.5 Å².